The van der Waals surface area contributed by atoms with Gasteiger partial charge in [-0.05, 0) is 0 Å². The number of carbonyl (C=O) groups excluding carboxylic acids is 1. The highest BCUT2D eigenvalue weighted by atomic mass is 16.5. The van der Waals surface area contributed by atoms with E-state index in [1.54, 1.807) is 0 Å². The molecule has 0 spiro atoms. The van der Waals surface area contributed by atoms with Crippen LogP contribution in [-0.4, -0.2) is 64.2 Å². The highest BCUT2D eigenvalue weighted by Crippen LogP contribution is 2.04. The minimum absolute atomic E-state index is 0.0887. The molecule has 0 aliphatic carbocycles. The van der Waals surface area contributed by atoms with Gasteiger partial charge in [0.1, 0.15) is 24.9 Å². The van der Waals surface area contributed by atoms with E-state index in [-0.39, 0.29) is 6.29 Å². The molecule has 7 nitrogen and oxygen atoms in total. The van der Waals surface area contributed by atoms with Crippen molar-refractivity contribution in [2.75, 3.05) is 13.2 Å². The van der Waals surface area contributed by atoms with Crippen LogP contribution in [0, 0.1) is 0 Å². The second kappa shape index (κ2) is 6.44. The molecule has 0 amide bonds. The van der Waals surface area contributed by atoms with Gasteiger partial charge in [-0.1, -0.05) is 0 Å². The van der Waals surface area contributed by atoms with E-state index in [1.807, 2.05) is 0 Å². The first-order chi connectivity index (χ1) is 6.52. The molecule has 3 atom stereocenters. The molecule has 0 fully saturated rings. The molecule has 0 rings (SSSR count). The smallest absolute Gasteiger partial charge is 0.329 e. The van der Waals surface area contributed by atoms with Gasteiger partial charge in [0.25, 0.3) is 0 Å². The van der Waals surface area contributed by atoms with Gasteiger partial charge in [-0.2, -0.15) is 0 Å². The molecule has 0 heterocycles. The van der Waals surface area contributed by atoms with Crippen LogP contribution in [0.1, 0.15) is 0 Å². The molecule has 0 aliphatic rings. The van der Waals surface area contributed by atoms with Crippen molar-refractivity contribution in [3.63, 3.8) is 0 Å². The van der Waals surface area contributed by atoms with Crippen molar-refractivity contribution >= 4 is 12.3 Å². The molecular formula is C7H12O7. The Morgan fingerprint density at radius 2 is 2.00 bits per heavy atom. The molecule has 0 bridgehead atoms. The maximum atomic E-state index is 10.1. The van der Waals surface area contributed by atoms with Gasteiger partial charge in [0, 0.05) is 0 Å². The van der Waals surface area contributed by atoms with E-state index in [0.717, 1.165) is 0 Å². The molecule has 82 valence electrons. The van der Waals surface area contributed by atoms with Crippen molar-refractivity contribution < 1.29 is 34.8 Å². The van der Waals surface area contributed by atoms with E-state index in [9.17, 15) is 9.59 Å². The minimum atomic E-state index is -1.67. The third kappa shape index (κ3) is 4.28. The fourth-order valence-corrected chi connectivity index (χ4v) is 0.786. The maximum Gasteiger partial charge on any atom is 0.329 e. The van der Waals surface area contributed by atoms with Crippen molar-refractivity contribution in [1.82, 2.24) is 0 Å². The number of ether oxygens (including phenoxy) is 1. The van der Waals surface area contributed by atoms with Crippen molar-refractivity contribution in [2.24, 2.45) is 0 Å². The number of carboxylic acid groups (broad SMARTS) is 1. The zero-order valence-electron chi connectivity index (χ0n) is 7.24. The Morgan fingerprint density at radius 1 is 1.43 bits per heavy atom. The molecule has 0 aliphatic heterocycles. The lowest BCUT2D eigenvalue weighted by Gasteiger charge is -2.22. The van der Waals surface area contributed by atoms with Gasteiger partial charge in [0.15, 0.2) is 6.29 Å². The SMILES string of the molecule is O=C[C@H](O)[C@@H](OCC(=O)O)[C@H](O)CO. The maximum absolute atomic E-state index is 10.1. The normalized spacial score (nSPS) is 17.1. The summed E-state index contributed by atoms with van der Waals surface area (Å²) in [5.74, 6) is -1.31. The summed E-state index contributed by atoms with van der Waals surface area (Å²) in [6, 6.07) is 0. The minimum Gasteiger partial charge on any atom is -0.480 e. The molecule has 0 aromatic rings. The first kappa shape index (κ1) is 13.0. The molecule has 0 saturated carbocycles. The van der Waals surface area contributed by atoms with Crippen LogP contribution in [0.2, 0.25) is 0 Å². The topological polar surface area (TPSA) is 124 Å². The molecule has 14 heavy (non-hydrogen) atoms. The summed E-state index contributed by atoms with van der Waals surface area (Å²) in [4.78, 5) is 20.2. The van der Waals surface area contributed by atoms with Gasteiger partial charge in [-0.25, -0.2) is 4.79 Å². The fourth-order valence-electron chi connectivity index (χ4n) is 0.786. The number of aldehydes is 1. The van der Waals surface area contributed by atoms with Crippen LogP contribution >= 0.6 is 0 Å². The second-order valence-corrected chi connectivity index (χ2v) is 2.55. The number of aliphatic hydroxyl groups excluding tert-OH is 3. The van der Waals surface area contributed by atoms with E-state index < -0.39 is 37.5 Å². The molecule has 0 saturated heterocycles. The van der Waals surface area contributed by atoms with Crippen LogP contribution in [-0.2, 0) is 14.3 Å². The summed E-state index contributed by atoms with van der Waals surface area (Å²) >= 11 is 0. The summed E-state index contributed by atoms with van der Waals surface area (Å²) in [5, 5.41) is 34.8. The Hall–Kier alpha value is -1.02. The zero-order chi connectivity index (χ0) is 11.1. The van der Waals surface area contributed by atoms with E-state index in [4.69, 9.17) is 20.4 Å². The van der Waals surface area contributed by atoms with Gasteiger partial charge >= 0.3 is 5.97 Å². The van der Waals surface area contributed by atoms with Crippen LogP contribution in [0.4, 0.5) is 0 Å². The average Bonchev–Trinajstić information content (AvgIpc) is 2.16. The monoisotopic (exact) mass is 208 g/mol. The largest absolute Gasteiger partial charge is 0.480 e. The molecule has 7 heteroatoms. The first-order valence-electron chi connectivity index (χ1n) is 3.78. The Morgan fingerprint density at radius 3 is 2.36 bits per heavy atom. The molecular weight excluding hydrogens is 196 g/mol. The van der Waals surface area contributed by atoms with Crippen LogP contribution in [0.5, 0.6) is 0 Å². The molecule has 4 N–H and O–H groups in total. The van der Waals surface area contributed by atoms with Crippen molar-refractivity contribution in [1.29, 1.82) is 0 Å². The molecule has 0 aromatic heterocycles. The highest BCUT2D eigenvalue weighted by Gasteiger charge is 2.27. The Bertz CT molecular complexity index is 192. The quantitative estimate of drug-likeness (QED) is 0.337. The van der Waals surface area contributed by atoms with Gasteiger partial charge in [-0.3, -0.25) is 0 Å². The number of aliphatic hydroxyl groups is 3. The molecule has 0 aromatic carbocycles. The van der Waals surface area contributed by atoms with E-state index in [2.05, 4.69) is 4.74 Å². The predicted molar refractivity (Wildman–Crippen MR) is 42.5 cm³/mol. The zero-order valence-corrected chi connectivity index (χ0v) is 7.24. The van der Waals surface area contributed by atoms with Crippen molar-refractivity contribution in [3.8, 4) is 0 Å². The highest BCUT2D eigenvalue weighted by molar-refractivity contribution is 5.68. The summed E-state index contributed by atoms with van der Waals surface area (Å²) in [5.41, 5.74) is 0. The van der Waals surface area contributed by atoms with E-state index >= 15 is 0 Å². The predicted octanol–water partition coefficient (Wildman–Crippen LogP) is -2.63. The summed E-state index contributed by atoms with van der Waals surface area (Å²) < 4.78 is 4.52. The van der Waals surface area contributed by atoms with Crippen molar-refractivity contribution in [3.05, 3.63) is 0 Å². The summed E-state index contributed by atoms with van der Waals surface area (Å²) in [6.07, 6.45) is -4.52. The fraction of sp³-hybridized carbons (Fsp3) is 0.714. The van der Waals surface area contributed by atoms with Gasteiger partial charge in [0.05, 0.1) is 6.61 Å². The third-order valence-corrected chi connectivity index (χ3v) is 1.44. The number of aliphatic carboxylic acids is 1. The Balaban J connectivity index is 4.23. The lowest BCUT2D eigenvalue weighted by molar-refractivity contribution is -0.157. The Labute approximate surface area is 79.5 Å². The van der Waals surface area contributed by atoms with Gasteiger partial charge < -0.3 is 30.0 Å². The van der Waals surface area contributed by atoms with Gasteiger partial charge in [0.2, 0.25) is 0 Å². The van der Waals surface area contributed by atoms with Crippen LogP contribution in [0.15, 0.2) is 0 Å². The summed E-state index contributed by atoms with van der Waals surface area (Å²) in [6.45, 7) is -1.51. The van der Waals surface area contributed by atoms with Gasteiger partial charge in [-0.15, -0.1) is 0 Å². The van der Waals surface area contributed by atoms with Crippen molar-refractivity contribution in [2.45, 2.75) is 18.3 Å². The number of carboxylic acids is 1. The standard InChI is InChI=1S/C7H12O7/c8-1-4(10)7(5(11)2-9)14-3-6(12)13/h1,4-5,7,9-11H,2-3H2,(H,12,13)/t4-,5+,7+/m0/s1. The molecule has 0 unspecified atom stereocenters. The van der Waals surface area contributed by atoms with E-state index in [0.29, 0.717) is 0 Å². The average molecular weight is 208 g/mol. The lowest BCUT2D eigenvalue weighted by atomic mass is 10.1. The van der Waals surface area contributed by atoms with Crippen LogP contribution in [0.25, 0.3) is 0 Å². The summed E-state index contributed by atoms with van der Waals surface area (Å²) in [7, 11) is 0. The first-order valence-corrected chi connectivity index (χ1v) is 3.78. The second-order valence-electron chi connectivity index (χ2n) is 2.55. The van der Waals surface area contributed by atoms with Crippen LogP contribution < -0.4 is 0 Å². The third-order valence-electron chi connectivity index (χ3n) is 1.44. The number of hydrogen-bond acceptors (Lipinski definition) is 6. The number of rotatable bonds is 7. The number of carbonyl (C=O) groups is 2. The number of hydrogen-bond donors (Lipinski definition) is 4. The van der Waals surface area contributed by atoms with E-state index in [1.165, 1.54) is 0 Å². The lowest BCUT2D eigenvalue weighted by Crippen LogP contribution is -2.43. The Kier molecular flexibility index (Phi) is 5.97. The van der Waals surface area contributed by atoms with Crippen LogP contribution in [0.3, 0.4) is 0 Å². The molecule has 0 radical (unpaired) electrons.